The van der Waals surface area contributed by atoms with Gasteiger partial charge in [0.15, 0.2) is 0 Å². The van der Waals surface area contributed by atoms with Crippen LogP contribution in [0.15, 0.2) is 40.5 Å². The number of hydrogen-bond acceptors (Lipinski definition) is 4. The molecular weight excluding hydrogens is 292 g/mol. The Labute approximate surface area is 135 Å². The molecule has 118 valence electrons. The van der Waals surface area contributed by atoms with Gasteiger partial charge in [-0.05, 0) is 60.9 Å². The number of nitrogens with zero attached hydrogens (tertiary/aromatic N) is 1. The van der Waals surface area contributed by atoms with Gasteiger partial charge in [0.1, 0.15) is 23.2 Å². The molecule has 23 heavy (non-hydrogen) atoms. The van der Waals surface area contributed by atoms with E-state index in [9.17, 15) is 10.1 Å². The van der Waals surface area contributed by atoms with Crippen molar-refractivity contribution in [3.05, 3.63) is 58.6 Å². The van der Waals surface area contributed by atoms with Crippen LogP contribution < -0.4 is 10.1 Å². The Bertz CT molecular complexity index is 768. The summed E-state index contributed by atoms with van der Waals surface area (Å²) >= 11 is 0. The van der Waals surface area contributed by atoms with Crippen LogP contribution in [0.2, 0.25) is 0 Å². The summed E-state index contributed by atoms with van der Waals surface area (Å²) in [5.74, 6) is 0.976. The van der Waals surface area contributed by atoms with Gasteiger partial charge in [0.05, 0.1) is 19.9 Å². The number of aryl methyl sites for hydroxylation is 2. The first-order valence-corrected chi connectivity index (χ1v) is 7.12. The van der Waals surface area contributed by atoms with Gasteiger partial charge in [0, 0.05) is 0 Å². The van der Waals surface area contributed by atoms with E-state index in [-0.39, 0.29) is 12.1 Å². The Morgan fingerprint density at radius 3 is 2.78 bits per heavy atom. The lowest BCUT2D eigenvalue weighted by Crippen LogP contribution is -2.23. The highest BCUT2D eigenvalue weighted by Crippen LogP contribution is 2.24. The Morgan fingerprint density at radius 1 is 1.39 bits per heavy atom. The van der Waals surface area contributed by atoms with Crippen LogP contribution in [0.4, 0.5) is 0 Å². The van der Waals surface area contributed by atoms with E-state index >= 15 is 0 Å². The maximum atomic E-state index is 12.1. The van der Waals surface area contributed by atoms with E-state index in [2.05, 4.69) is 5.32 Å². The van der Waals surface area contributed by atoms with Gasteiger partial charge in [0.25, 0.3) is 5.91 Å². The summed E-state index contributed by atoms with van der Waals surface area (Å²) in [5.41, 5.74) is 2.73. The number of ether oxygens (including phenoxy) is 1. The normalized spacial score (nSPS) is 11.0. The first-order chi connectivity index (χ1) is 11.0. The summed E-state index contributed by atoms with van der Waals surface area (Å²) in [5, 5.41) is 11.9. The molecule has 1 aromatic carbocycles. The van der Waals surface area contributed by atoms with E-state index in [1.54, 1.807) is 25.3 Å². The average molecular weight is 310 g/mol. The second-order valence-electron chi connectivity index (χ2n) is 5.11. The summed E-state index contributed by atoms with van der Waals surface area (Å²) in [6, 6.07) is 9.22. The highest BCUT2D eigenvalue weighted by atomic mass is 16.5. The smallest absolute Gasteiger partial charge is 0.262 e. The van der Waals surface area contributed by atoms with Crippen LogP contribution in [0.25, 0.3) is 6.08 Å². The molecule has 1 aromatic heterocycles. The molecule has 0 fully saturated rings. The molecule has 1 amide bonds. The van der Waals surface area contributed by atoms with E-state index in [1.165, 1.54) is 6.26 Å². The molecule has 1 N–H and O–H groups in total. The lowest BCUT2D eigenvalue weighted by atomic mass is 10.0. The van der Waals surface area contributed by atoms with Crippen LogP contribution in [-0.4, -0.2) is 13.0 Å². The van der Waals surface area contributed by atoms with E-state index in [0.29, 0.717) is 5.76 Å². The Morgan fingerprint density at radius 2 is 2.17 bits per heavy atom. The zero-order valence-electron chi connectivity index (χ0n) is 13.3. The quantitative estimate of drug-likeness (QED) is 0.680. The summed E-state index contributed by atoms with van der Waals surface area (Å²) < 4.78 is 10.4. The minimum absolute atomic E-state index is 0.0456. The summed E-state index contributed by atoms with van der Waals surface area (Å²) in [7, 11) is 1.61. The zero-order chi connectivity index (χ0) is 16.8. The van der Waals surface area contributed by atoms with Crippen molar-refractivity contribution >= 4 is 12.0 Å². The van der Waals surface area contributed by atoms with Gasteiger partial charge in [-0.3, -0.25) is 4.79 Å². The van der Waals surface area contributed by atoms with Crippen LogP contribution in [-0.2, 0) is 11.3 Å². The number of rotatable bonds is 5. The van der Waals surface area contributed by atoms with Gasteiger partial charge in [0.2, 0.25) is 0 Å². The first kappa shape index (κ1) is 16.4. The van der Waals surface area contributed by atoms with Crippen LogP contribution in [0, 0.1) is 25.2 Å². The van der Waals surface area contributed by atoms with Crippen molar-refractivity contribution in [2.75, 3.05) is 7.11 Å². The van der Waals surface area contributed by atoms with Gasteiger partial charge in [-0.25, -0.2) is 0 Å². The predicted octanol–water partition coefficient (Wildman–Crippen LogP) is 3.13. The van der Waals surface area contributed by atoms with Gasteiger partial charge >= 0.3 is 0 Å². The minimum atomic E-state index is -0.434. The zero-order valence-corrected chi connectivity index (χ0v) is 13.3. The van der Waals surface area contributed by atoms with Crippen LogP contribution in [0.5, 0.6) is 5.75 Å². The van der Waals surface area contributed by atoms with E-state index in [4.69, 9.17) is 9.15 Å². The molecule has 0 unspecified atom stereocenters. The number of amides is 1. The fourth-order valence-corrected chi connectivity index (χ4v) is 2.17. The first-order valence-electron chi connectivity index (χ1n) is 7.12. The number of nitriles is 1. The highest BCUT2D eigenvalue weighted by Gasteiger charge is 2.11. The molecule has 0 spiro atoms. The number of nitrogens with one attached hydrogen (secondary N) is 1. The van der Waals surface area contributed by atoms with Gasteiger partial charge in [-0.15, -0.1) is 0 Å². The molecular formula is C18H18N2O3. The number of carbonyl (C=O) groups excluding carboxylic acids is 1. The Hall–Kier alpha value is -3.00. The molecule has 0 radical (unpaired) electrons. The number of benzene rings is 1. The molecule has 5 heteroatoms. The molecule has 0 saturated carbocycles. The summed E-state index contributed by atoms with van der Waals surface area (Å²) in [6.07, 6.45) is 3.12. The molecule has 0 aliphatic rings. The maximum Gasteiger partial charge on any atom is 0.262 e. The third-order valence-electron chi connectivity index (χ3n) is 3.45. The van der Waals surface area contributed by atoms with Crippen LogP contribution in [0.3, 0.4) is 0 Å². The molecule has 0 saturated heterocycles. The number of methoxy groups -OCH3 is 1. The second-order valence-corrected chi connectivity index (χ2v) is 5.11. The van der Waals surface area contributed by atoms with Crippen molar-refractivity contribution in [1.29, 1.82) is 5.26 Å². The molecule has 2 rings (SSSR count). The third-order valence-corrected chi connectivity index (χ3v) is 3.45. The van der Waals surface area contributed by atoms with Crippen LogP contribution >= 0.6 is 0 Å². The van der Waals surface area contributed by atoms with Crippen molar-refractivity contribution in [2.24, 2.45) is 0 Å². The minimum Gasteiger partial charge on any atom is -0.496 e. The number of furan rings is 1. The molecule has 2 aromatic rings. The maximum absolute atomic E-state index is 12.1. The SMILES string of the molecule is COc1cc(C)c(/C=C(\C#N)C(=O)NCc2ccco2)cc1C. The van der Waals surface area contributed by atoms with E-state index in [1.807, 2.05) is 32.0 Å². The molecule has 0 atom stereocenters. The van der Waals surface area contributed by atoms with Crippen molar-refractivity contribution in [1.82, 2.24) is 5.32 Å². The van der Waals surface area contributed by atoms with Gasteiger partial charge in [-0.2, -0.15) is 5.26 Å². The van der Waals surface area contributed by atoms with E-state index in [0.717, 1.165) is 22.4 Å². The Balaban J connectivity index is 2.19. The molecule has 1 heterocycles. The third kappa shape index (κ3) is 4.01. The van der Waals surface area contributed by atoms with Crippen molar-refractivity contribution < 1.29 is 13.9 Å². The van der Waals surface area contributed by atoms with E-state index < -0.39 is 5.91 Å². The van der Waals surface area contributed by atoms with Crippen molar-refractivity contribution in [3.63, 3.8) is 0 Å². The summed E-state index contributed by atoms with van der Waals surface area (Å²) in [4.78, 5) is 12.1. The molecule has 0 bridgehead atoms. The lowest BCUT2D eigenvalue weighted by Gasteiger charge is -2.09. The monoisotopic (exact) mass is 310 g/mol. The van der Waals surface area contributed by atoms with Gasteiger partial charge in [-0.1, -0.05) is 0 Å². The fraction of sp³-hybridized carbons (Fsp3) is 0.222. The predicted molar refractivity (Wildman–Crippen MR) is 86.6 cm³/mol. The van der Waals surface area contributed by atoms with Gasteiger partial charge < -0.3 is 14.5 Å². The number of hydrogen-bond donors (Lipinski definition) is 1. The lowest BCUT2D eigenvalue weighted by molar-refractivity contribution is -0.117. The average Bonchev–Trinajstić information content (AvgIpc) is 3.06. The number of carbonyl (C=O) groups is 1. The molecule has 0 aliphatic carbocycles. The van der Waals surface area contributed by atoms with Crippen molar-refractivity contribution in [3.8, 4) is 11.8 Å². The fourth-order valence-electron chi connectivity index (χ4n) is 2.17. The molecule has 0 aliphatic heterocycles. The standard InChI is InChI=1S/C18H18N2O3/c1-12-8-17(22-3)13(2)7-14(12)9-15(10-19)18(21)20-11-16-5-4-6-23-16/h4-9H,11H2,1-3H3,(H,20,21)/b15-9+. The van der Waals surface area contributed by atoms with Crippen LogP contribution in [0.1, 0.15) is 22.5 Å². The second kappa shape index (κ2) is 7.32. The van der Waals surface area contributed by atoms with Crippen molar-refractivity contribution in [2.45, 2.75) is 20.4 Å². The summed E-state index contributed by atoms with van der Waals surface area (Å²) in [6.45, 7) is 4.06. The Kier molecular flexibility index (Phi) is 5.21. The largest absolute Gasteiger partial charge is 0.496 e. The topological polar surface area (TPSA) is 75.3 Å². The molecule has 5 nitrogen and oxygen atoms in total. The highest BCUT2D eigenvalue weighted by molar-refractivity contribution is 6.01.